The summed E-state index contributed by atoms with van der Waals surface area (Å²) in [5.41, 5.74) is -0.0488. The topological polar surface area (TPSA) is 54.5 Å². The molecule has 2 aliphatic rings. The lowest BCUT2D eigenvalue weighted by Crippen LogP contribution is -2.39. The molecule has 0 radical (unpaired) electrons. The van der Waals surface area contributed by atoms with E-state index in [1.54, 1.807) is 4.90 Å². The summed E-state index contributed by atoms with van der Waals surface area (Å²) in [4.78, 5) is 14.4. The summed E-state index contributed by atoms with van der Waals surface area (Å²) in [5.74, 6) is -0.376. The van der Waals surface area contributed by atoms with Gasteiger partial charge in [0.1, 0.15) is 0 Å². The Morgan fingerprint density at radius 2 is 1.61 bits per heavy atom. The van der Waals surface area contributed by atoms with Gasteiger partial charge in [-0.1, -0.05) is 25.0 Å². The van der Waals surface area contributed by atoms with Gasteiger partial charge in [-0.3, -0.25) is 4.79 Å². The zero-order valence-corrected chi connectivity index (χ0v) is 16.6. The molecule has 8 heteroatoms. The van der Waals surface area contributed by atoms with Gasteiger partial charge in [-0.05, 0) is 49.8 Å². The van der Waals surface area contributed by atoms with Gasteiger partial charge in [0.15, 0.2) is 9.84 Å². The summed E-state index contributed by atoms with van der Waals surface area (Å²) in [6, 6.07) is 4.63. The normalized spacial score (nSPS) is 21.8. The van der Waals surface area contributed by atoms with Crippen molar-refractivity contribution in [1.82, 2.24) is 4.90 Å². The number of likely N-dealkylation sites (tertiary alicyclic amines) is 1. The van der Waals surface area contributed by atoms with Crippen molar-refractivity contribution in [2.24, 2.45) is 0 Å². The number of carbonyl (C=O) groups is 1. The maximum atomic E-state index is 12.8. The van der Waals surface area contributed by atoms with E-state index in [0.717, 1.165) is 37.8 Å². The van der Waals surface area contributed by atoms with E-state index >= 15 is 0 Å². The molecule has 0 aromatic heterocycles. The Morgan fingerprint density at radius 1 is 1.00 bits per heavy atom. The number of halogens is 3. The predicted molar refractivity (Wildman–Crippen MR) is 100 cm³/mol. The van der Waals surface area contributed by atoms with Crippen LogP contribution < -0.4 is 0 Å². The minimum atomic E-state index is -4.39. The second-order valence-electron chi connectivity index (χ2n) is 7.74. The Bertz CT molecular complexity index is 784. The first-order valence-corrected chi connectivity index (χ1v) is 11.6. The van der Waals surface area contributed by atoms with E-state index in [1.165, 1.54) is 12.1 Å². The third-order valence-corrected chi connectivity index (χ3v) is 8.12. The van der Waals surface area contributed by atoms with Crippen LogP contribution in [0.2, 0.25) is 0 Å². The van der Waals surface area contributed by atoms with Crippen molar-refractivity contribution in [3.8, 4) is 0 Å². The van der Waals surface area contributed by atoms with Crippen molar-refractivity contribution >= 4 is 15.7 Å². The zero-order valence-electron chi connectivity index (χ0n) is 15.7. The van der Waals surface area contributed by atoms with E-state index in [0.29, 0.717) is 31.4 Å². The molecule has 1 heterocycles. The minimum Gasteiger partial charge on any atom is -0.336 e. The van der Waals surface area contributed by atoms with E-state index in [-0.39, 0.29) is 29.4 Å². The quantitative estimate of drug-likeness (QED) is 0.709. The highest BCUT2D eigenvalue weighted by Crippen LogP contribution is 2.35. The standard InChI is InChI=1S/C20H26F3NO3S/c21-20(22,23)16-10-8-15(9-11-16)18-7-3-4-13-24(18)19(25)12-14-28(26,27)17-5-1-2-6-17/h8-11,17-18H,1-7,12-14H2. The average molecular weight is 417 g/mol. The molecule has 3 rings (SSSR count). The molecule has 0 spiro atoms. The van der Waals surface area contributed by atoms with Crippen molar-refractivity contribution < 1.29 is 26.4 Å². The molecule has 28 heavy (non-hydrogen) atoms. The predicted octanol–water partition coefficient (Wildman–Crippen LogP) is 4.51. The second kappa shape index (κ2) is 8.43. The van der Waals surface area contributed by atoms with Crippen LogP contribution in [0.3, 0.4) is 0 Å². The fraction of sp³-hybridized carbons (Fsp3) is 0.650. The van der Waals surface area contributed by atoms with Crippen LogP contribution in [0.5, 0.6) is 0 Å². The lowest BCUT2D eigenvalue weighted by atomic mass is 9.94. The number of benzene rings is 1. The zero-order chi connectivity index (χ0) is 20.4. The largest absolute Gasteiger partial charge is 0.416 e. The van der Waals surface area contributed by atoms with Crippen molar-refractivity contribution in [2.45, 2.75) is 68.8 Å². The average Bonchev–Trinajstić information content (AvgIpc) is 3.21. The highest BCUT2D eigenvalue weighted by Gasteiger charge is 2.33. The van der Waals surface area contributed by atoms with Crippen LogP contribution in [0, 0.1) is 0 Å². The minimum absolute atomic E-state index is 0.0596. The van der Waals surface area contributed by atoms with Crippen molar-refractivity contribution in [3.05, 3.63) is 35.4 Å². The van der Waals surface area contributed by atoms with Gasteiger partial charge < -0.3 is 4.90 Å². The second-order valence-corrected chi connectivity index (χ2v) is 10.1. The van der Waals surface area contributed by atoms with Crippen LogP contribution in [0.1, 0.15) is 68.5 Å². The van der Waals surface area contributed by atoms with E-state index in [9.17, 15) is 26.4 Å². The molecule has 1 amide bonds. The molecule has 1 atom stereocenters. The first kappa shape index (κ1) is 21.1. The van der Waals surface area contributed by atoms with Crippen molar-refractivity contribution in [1.29, 1.82) is 0 Å². The molecule has 4 nitrogen and oxygen atoms in total. The number of nitrogens with zero attached hydrogens (tertiary/aromatic N) is 1. The van der Waals surface area contributed by atoms with Crippen molar-refractivity contribution in [2.75, 3.05) is 12.3 Å². The first-order chi connectivity index (χ1) is 13.2. The lowest BCUT2D eigenvalue weighted by Gasteiger charge is -2.36. The third-order valence-electron chi connectivity index (χ3n) is 5.86. The Hall–Kier alpha value is -1.57. The summed E-state index contributed by atoms with van der Waals surface area (Å²) < 4.78 is 63.2. The molecule has 1 aliphatic heterocycles. The Morgan fingerprint density at radius 3 is 2.21 bits per heavy atom. The molecule has 0 bridgehead atoms. The molecule has 1 aromatic rings. The summed E-state index contributed by atoms with van der Waals surface area (Å²) in [5, 5.41) is -0.327. The van der Waals surface area contributed by atoms with Gasteiger partial charge in [0, 0.05) is 13.0 Å². The number of carbonyl (C=O) groups excluding carboxylic acids is 1. The molecule has 156 valence electrons. The number of rotatable bonds is 5. The molecule has 0 N–H and O–H groups in total. The molecule has 1 saturated heterocycles. The molecule has 1 unspecified atom stereocenters. The fourth-order valence-corrected chi connectivity index (χ4v) is 6.10. The van der Waals surface area contributed by atoms with Crippen molar-refractivity contribution in [3.63, 3.8) is 0 Å². The van der Waals surface area contributed by atoms with Crippen LogP contribution >= 0.6 is 0 Å². The Labute approximate surface area is 164 Å². The number of hydrogen-bond acceptors (Lipinski definition) is 3. The number of piperidine rings is 1. The smallest absolute Gasteiger partial charge is 0.336 e. The van der Waals surface area contributed by atoms with E-state index in [2.05, 4.69) is 0 Å². The Kier molecular flexibility index (Phi) is 6.37. The molecule has 1 aliphatic carbocycles. The van der Waals surface area contributed by atoms with Gasteiger partial charge in [0.25, 0.3) is 0 Å². The van der Waals surface area contributed by atoms with Gasteiger partial charge >= 0.3 is 6.18 Å². The summed E-state index contributed by atoms with van der Waals surface area (Å²) in [6.07, 6.45) is 1.11. The lowest BCUT2D eigenvalue weighted by molar-refractivity contribution is -0.138. The summed E-state index contributed by atoms with van der Waals surface area (Å²) in [7, 11) is -3.27. The van der Waals surface area contributed by atoms with Gasteiger partial charge in [0.2, 0.25) is 5.91 Å². The third kappa shape index (κ3) is 4.88. The SMILES string of the molecule is O=C(CCS(=O)(=O)C1CCCC1)N1CCCCC1c1ccc(C(F)(F)F)cc1. The van der Waals surface area contributed by atoms with E-state index in [1.807, 2.05) is 0 Å². The van der Waals surface area contributed by atoms with Crippen LogP contribution in [0.4, 0.5) is 13.2 Å². The van der Waals surface area contributed by atoms with E-state index < -0.39 is 21.6 Å². The Balaban J connectivity index is 1.68. The molecule has 1 saturated carbocycles. The number of alkyl halides is 3. The molecular weight excluding hydrogens is 391 g/mol. The fourth-order valence-electron chi connectivity index (χ4n) is 4.26. The monoisotopic (exact) mass is 417 g/mol. The highest BCUT2D eigenvalue weighted by molar-refractivity contribution is 7.92. The van der Waals surface area contributed by atoms with Crippen LogP contribution in [0.25, 0.3) is 0 Å². The van der Waals surface area contributed by atoms with Gasteiger partial charge in [-0.15, -0.1) is 0 Å². The first-order valence-electron chi connectivity index (χ1n) is 9.87. The van der Waals surface area contributed by atoms with Gasteiger partial charge in [-0.2, -0.15) is 13.2 Å². The molecule has 1 aromatic carbocycles. The highest BCUT2D eigenvalue weighted by atomic mass is 32.2. The van der Waals surface area contributed by atoms with E-state index in [4.69, 9.17) is 0 Å². The van der Waals surface area contributed by atoms with Gasteiger partial charge in [-0.25, -0.2) is 8.42 Å². The van der Waals surface area contributed by atoms with Gasteiger partial charge in [0.05, 0.1) is 22.6 Å². The number of amides is 1. The molecular formula is C20H26F3NO3S. The summed E-state index contributed by atoms with van der Waals surface area (Å²) in [6.45, 7) is 0.508. The summed E-state index contributed by atoms with van der Waals surface area (Å²) >= 11 is 0. The maximum Gasteiger partial charge on any atom is 0.416 e. The van der Waals surface area contributed by atoms with Crippen LogP contribution in [-0.4, -0.2) is 36.8 Å². The van der Waals surface area contributed by atoms with Crippen LogP contribution in [0.15, 0.2) is 24.3 Å². The number of sulfone groups is 1. The maximum absolute atomic E-state index is 12.8. The van der Waals surface area contributed by atoms with Crippen LogP contribution in [-0.2, 0) is 20.8 Å². The number of hydrogen-bond donors (Lipinski definition) is 0. The molecule has 2 fully saturated rings.